The number of benzene rings is 1. The Morgan fingerprint density at radius 2 is 1.61 bits per heavy atom. The van der Waals surface area contributed by atoms with E-state index in [1.807, 2.05) is 11.8 Å². The van der Waals surface area contributed by atoms with Crippen molar-refractivity contribution >= 4 is 11.8 Å². The molecule has 0 aliphatic carbocycles. The minimum Gasteiger partial charge on any atom is -0.392 e. The molecular formula is C16H26OS. The zero-order chi connectivity index (χ0) is 13.9. The molecule has 0 saturated carbocycles. The van der Waals surface area contributed by atoms with E-state index >= 15 is 0 Å². The Kier molecular flexibility index (Phi) is 5.30. The summed E-state index contributed by atoms with van der Waals surface area (Å²) < 4.78 is 0.221. The van der Waals surface area contributed by atoms with Crippen LogP contribution in [-0.2, 0) is 6.42 Å². The second kappa shape index (κ2) is 6.12. The van der Waals surface area contributed by atoms with Crippen molar-refractivity contribution in [1.29, 1.82) is 0 Å². The van der Waals surface area contributed by atoms with Gasteiger partial charge in [0.25, 0.3) is 0 Å². The fraction of sp³-hybridized carbons (Fsp3) is 0.625. The number of hydrogen-bond acceptors (Lipinski definition) is 2. The van der Waals surface area contributed by atoms with Crippen molar-refractivity contribution < 1.29 is 5.11 Å². The van der Waals surface area contributed by atoms with Gasteiger partial charge in [-0.15, -0.1) is 0 Å². The molecule has 0 heterocycles. The zero-order valence-electron chi connectivity index (χ0n) is 12.5. The van der Waals surface area contributed by atoms with E-state index in [0.29, 0.717) is 0 Å². The maximum absolute atomic E-state index is 10.2. The molecule has 1 nitrogen and oxygen atoms in total. The third-order valence-corrected chi connectivity index (χ3v) is 4.41. The summed E-state index contributed by atoms with van der Waals surface area (Å²) in [6.45, 7) is 13.0. The van der Waals surface area contributed by atoms with Gasteiger partial charge in [-0.3, -0.25) is 0 Å². The highest BCUT2D eigenvalue weighted by atomic mass is 32.2. The van der Waals surface area contributed by atoms with Crippen molar-refractivity contribution in [1.82, 2.24) is 0 Å². The van der Waals surface area contributed by atoms with Crippen LogP contribution in [0.2, 0.25) is 0 Å². The molecule has 0 bridgehead atoms. The Labute approximate surface area is 116 Å². The topological polar surface area (TPSA) is 20.2 Å². The van der Waals surface area contributed by atoms with Crippen LogP contribution >= 0.6 is 11.8 Å². The molecule has 0 saturated heterocycles. The van der Waals surface area contributed by atoms with Gasteiger partial charge in [-0.2, -0.15) is 11.8 Å². The molecule has 0 spiro atoms. The van der Waals surface area contributed by atoms with E-state index in [-0.39, 0.29) is 10.9 Å². The average molecular weight is 266 g/mol. The van der Waals surface area contributed by atoms with Crippen LogP contribution in [0.1, 0.15) is 43.0 Å². The van der Waals surface area contributed by atoms with E-state index < -0.39 is 0 Å². The first-order valence-electron chi connectivity index (χ1n) is 6.58. The number of rotatable bonds is 4. The molecule has 18 heavy (non-hydrogen) atoms. The lowest BCUT2D eigenvalue weighted by atomic mass is 9.96. The van der Waals surface area contributed by atoms with Crippen LogP contribution in [0.15, 0.2) is 12.1 Å². The highest BCUT2D eigenvalue weighted by Gasteiger charge is 2.15. The molecule has 0 amide bonds. The molecule has 1 aromatic carbocycles. The minimum absolute atomic E-state index is 0.221. The summed E-state index contributed by atoms with van der Waals surface area (Å²) in [4.78, 5) is 0. The molecule has 0 fully saturated rings. The first-order chi connectivity index (χ1) is 8.19. The largest absolute Gasteiger partial charge is 0.392 e. The van der Waals surface area contributed by atoms with Gasteiger partial charge in [0.2, 0.25) is 0 Å². The van der Waals surface area contributed by atoms with Gasteiger partial charge in [0, 0.05) is 10.5 Å². The van der Waals surface area contributed by atoms with Gasteiger partial charge in [0.1, 0.15) is 0 Å². The van der Waals surface area contributed by atoms with Gasteiger partial charge in [-0.1, -0.05) is 38.5 Å². The second-order valence-corrected chi connectivity index (χ2v) is 8.01. The zero-order valence-corrected chi connectivity index (χ0v) is 13.3. The Hall–Kier alpha value is -0.470. The standard InChI is InChI=1S/C16H26OS/c1-11-7-12(2)15(13(3)8-11)9-14(17)10-18-16(4,5)6/h7-8,14,17H,9-10H2,1-6H3. The van der Waals surface area contributed by atoms with Crippen LogP contribution in [0, 0.1) is 20.8 Å². The first kappa shape index (κ1) is 15.6. The second-order valence-electron chi connectivity index (χ2n) is 6.16. The summed E-state index contributed by atoms with van der Waals surface area (Å²) in [5.41, 5.74) is 5.20. The van der Waals surface area contributed by atoms with Crippen molar-refractivity contribution in [2.75, 3.05) is 5.75 Å². The summed E-state index contributed by atoms with van der Waals surface area (Å²) in [6, 6.07) is 4.40. The smallest absolute Gasteiger partial charge is 0.0671 e. The lowest BCUT2D eigenvalue weighted by molar-refractivity contribution is 0.199. The van der Waals surface area contributed by atoms with E-state index in [2.05, 4.69) is 53.7 Å². The molecule has 102 valence electrons. The summed E-state index contributed by atoms with van der Waals surface area (Å²) in [7, 11) is 0. The Morgan fingerprint density at radius 3 is 2.06 bits per heavy atom. The molecule has 0 aromatic heterocycles. The van der Waals surface area contributed by atoms with Gasteiger partial charge in [0.05, 0.1) is 6.10 Å². The van der Waals surface area contributed by atoms with Crippen molar-refractivity contribution in [2.45, 2.75) is 58.8 Å². The monoisotopic (exact) mass is 266 g/mol. The molecule has 2 heteroatoms. The third kappa shape index (κ3) is 5.03. The number of aliphatic hydroxyl groups is 1. The molecule has 0 aliphatic rings. The maximum Gasteiger partial charge on any atom is 0.0671 e. The van der Waals surface area contributed by atoms with Crippen LogP contribution in [0.25, 0.3) is 0 Å². The molecule has 1 N–H and O–H groups in total. The normalized spacial score (nSPS) is 13.7. The fourth-order valence-electron chi connectivity index (χ4n) is 2.17. The summed E-state index contributed by atoms with van der Waals surface area (Å²) in [6.07, 6.45) is 0.510. The molecular weight excluding hydrogens is 240 g/mol. The SMILES string of the molecule is Cc1cc(C)c(CC(O)CSC(C)(C)C)c(C)c1. The predicted molar refractivity (Wildman–Crippen MR) is 82.6 cm³/mol. The van der Waals surface area contributed by atoms with Gasteiger partial charge in [0.15, 0.2) is 0 Å². The van der Waals surface area contributed by atoms with Crippen molar-refractivity contribution in [3.8, 4) is 0 Å². The average Bonchev–Trinajstić information content (AvgIpc) is 2.19. The van der Waals surface area contributed by atoms with Gasteiger partial charge >= 0.3 is 0 Å². The molecule has 1 rings (SSSR count). The summed E-state index contributed by atoms with van der Waals surface area (Å²) in [5.74, 6) is 0.802. The van der Waals surface area contributed by atoms with E-state index in [4.69, 9.17) is 0 Å². The lowest BCUT2D eigenvalue weighted by Gasteiger charge is -2.21. The number of aliphatic hydroxyl groups excluding tert-OH is 1. The van der Waals surface area contributed by atoms with Crippen LogP contribution in [-0.4, -0.2) is 21.7 Å². The van der Waals surface area contributed by atoms with Gasteiger partial charge in [-0.05, 0) is 43.9 Å². The molecule has 1 unspecified atom stereocenters. The van der Waals surface area contributed by atoms with E-state index in [1.165, 1.54) is 22.3 Å². The molecule has 1 atom stereocenters. The van der Waals surface area contributed by atoms with Gasteiger partial charge < -0.3 is 5.11 Å². The Bertz CT molecular complexity index is 381. The quantitative estimate of drug-likeness (QED) is 0.887. The molecule has 0 radical (unpaired) electrons. The highest BCUT2D eigenvalue weighted by Crippen LogP contribution is 2.25. The third-order valence-electron chi connectivity index (χ3n) is 2.99. The lowest BCUT2D eigenvalue weighted by Crippen LogP contribution is -2.19. The van der Waals surface area contributed by atoms with E-state index in [1.54, 1.807) is 0 Å². The Balaban J connectivity index is 2.68. The fourth-order valence-corrected chi connectivity index (χ4v) is 2.98. The maximum atomic E-state index is 10.2. The predicted octanol–water partition coefficient (Wildman–Crippen LogP) is 4.05. The van der Waals surface area contributed by atoms with Crippen LogP contribution in [0.3, 0.4) is 0 Å². The molecule has 1 aromatic rings. The number of aryl methyl sites for hydroxylation is 3. The van der Waals surface area contributed by atoms with Crippen molar-refractivity contribution in [2.24, 2.45) is 0 Å². The highest BCUT2D eigenvalue weighted by molar-refractivity contribution is 8.00. The van der Waals surface area contributed by atoms with E-state index in [9.17, 15) is 5.11 Å². The van der Waals surface area contributed by atoms with Crippen LogP contribution in [0.4, 0.5) is 0 Å². The number of thioether (sulfide) groups is 1. The van der Waals surface area contributed by atoms with Crippen LogP contribution < -0.4 is 0 Å². The first-order valence-corrected chi connectivity index (χ1v) is 7.56. The van der Waals surface area contributed by atoms with E-state index in [0.717, 1.165) is 12.2 Å². The Morgan fingerprint density at radius 1 is 1.11 bits per heavy atom. The van der Waals surface area contributed by atoms with Gasteiger partial charge in [-0.25, -0.2) is 0 Å². The van der Waals surface area contributed by atoms with Crippen molar-refractivity contribution in [3.05, 3.63) is 34.4 Å². The van der Waals surface area contributed by atoms with Crippen LogP contribution in [0.5, 0.6) is 0 Å². The molecule has 0 aliphatic heterocycles. The minimum atomic E-state index is -0.255. The van der Waals surface area contributed by atoms with Crippen molar-refractivity contribution in [3.63, 3.8) is 0 Å². The number of hydrogen-bond donors (Lipinski definition) is 1. The summed E-state index contributed by atoms with van der Waals surface area (Å²) in [5, 5.41) is 10.2. The summed E-state index contributed by atoms with van der Waals surface area (Å²) >= 11 is 1.83.